The van der Waals surface area contributed by atoms with Gasteiger partial charge in [0.1, 0.15) is 28.7 Å². The van der Waals surface area contributed by atoms with Crippen molar-refractivity contribution in [2.24, 2.45) is 17.6 Å². The van der Waals surface area contributed by atoms with Crippen molar-refractivity contribution in [1.29, 1.82) is 0 Å². The number of aliphatic hydroxyl groups is 4. The number of amides is 4. The molecule has 1 aromatic carbocycles. The van der Waals surface area contributed by atoms with Gasteiger partial charge in [-0.2, -0.15) is 0 Å². The Bertz CT molecular complexity index is 1350. The molecule has 9 N–H and O–H groups in total. The fraction of sp³-hybridized carbons (Fsp3) is 0.348. The monoisotopic (exact) mass is 535 g/mol. The Morgan fingerprint density at radius 3 is 2.43 bits per heavy atom. The lowest BCUT2D eigenvalue weighted by Crippen LogP contribution is -2.63. The Hall–Kier alpha value is -3.94. The number of aliphatic hydroxyl groups excluding tert-OH is 3. The average molecular weight is 536 g/mol. The molecule has 0 aromatic heterocycles. The van der Waals surface area contributed by atoms with Crippen LogP contribution in [-0.2, 0) is 19.2 Å². The van der Waals surface area contributed by atoms with E-state index in [2.05, 4.69) is 5.32 Å². The molecule has 1 fully saturated rings. The van der Waals surface area contributed by atoms with Crippen molar-refractivity contribution in [3.63, 3.8) is 0 Å². The molecule has 0 bridgehead atoms. The number of fused-ring (bicyclic) bond motifs is 3. The van der Waals surface area contributed by atoms with Crippen molar-refractivity contribution in [1.82, 2.24) is 5.32 Å². The van der Waals surface area contributed by atoms with Gasteiger partial charge in [-0.1, -0.05) is 13.0 Å². The third kappa shape index (κ3) is 3.65. The van der Waals surface area contributed by atoms with Crippen molar-refractivity contribution in [2.75, 3.05) is 11.2 Å². The van der Waals surface area contributed by atoms with Crippen LogP contribution in [0, 0.1) is 11.8 Å². The summed E-state index contributed by atoms with van der Waals surface area (Å²) >= 11 is 5.34. The maximum atomic E-state index is 13.6. The van der Waals surface area contributed by atoms with Crippen LogP contribution in [0.5, 0.6) is 5.75 Å². The zero-order valence-corrected chi connectivity index (χ0v) is 19.9. The number of alkyl halides is 1. The van der Waals surface area contributed by atoms with E-state index < -0.39 is 99.6 Å². The van der Waals surface area contributed by atoms with Gasteiger partial charge >= 0.3 is 6.03 Å². The van der Waals surface area contributed by atoms with Crippen molar-refractivity contribution in [3.05, 3.63) is 40.2 Å². The summed E-state index contributed by atoms with van der Waals surface area (Å²) in [5, 5.41) is 59.1. The SMILES string of the molecule is C[C@H]1c2ccc(NC(=O)NC(=O)CCl)c(O)c2C(O)=C2C(=O)[C@]3(O)C(O)=C(C(N)=O)C(=O)C[C@@H]3[C@@H](O)[C@@H]21. The highest BCUT2D eigenvalue weighted by atomic mass is 35.5. The van der Waals surface area contributed by atoms with E-state index in [1.807, 2.05) is 5.32 Å². The molecule has 14 heteroatoms. The summed E-state index contributed by atoms with van der Waals surface area (Å²) in [4.78, 5) is 61.1. The summed E-state index contributed by atoms with van der Waals surface area (Å²) in [6.45, 7) is 1.56. The number of ketones is 2. The summed E-state index contributed by atoms with van der Waals surface area (Å²) in [7, 11) is 0. The van der Waals surface area contributed by atoms with Crippen LogP contribution in [0.3, 0.4) is 0 Å². The lowest BCUT2D eigenvalue weighted by Gasteiger charge is -2.50. The zero-order chi connectivity index (χ0) is 27.6. The number of primary amides is 1. The van der Waals surface area contributed by atoms with Gasteiger partial charge in [0, 0.05) is 23.8 Å². The number of carbonyl (C=O) groups is 5. The number of phenolic OH excluding ortho intramolecular Hbond substituents is 1. The molecular formula is C23H22ClN3O10. The van der Waals surface area contributed by atoms with Gasteiger partial charge in [-0.15, -0.1) is 11.6 Å². The van der Waals surface area contributed by atoms with Crippen LogP contribution in [-0.4, -0.2) is 72.5 Å². The lowest BCUT2D eigenvalue weighted by molar-refractivity contribution is -0.160. The standard InChI is InChI=1S/C23H22ClN3O10/c1-6-7-2-3-9(26-22(36)27-11(29)5-24)17(31)13(7)18(32)15-12(6)16(30)8-4-10(28)14(21(25)35)19(33)23(8,37)20(15)34/h2-3,6,8,12,16,30-33,37H,4-5H2,1H3,(H2,25,35)(H2,26,27,29,36)/t6-,8+,12+,16+,23+/m0/s1. The lowest BCUT2D eigenvalue weighted by atomic mass is 9.55. The Kier molecular flexibility index (Phi) is 6.26. The molecule has 3 aliphatic carbocycles. The Morgan fingerprint density at radius 2 is 1.84 bits per heavy atom. The molecule has 3 aliphatic rings. The third-order valence-corrected chi connectivity index (χ3v) is 7.37. The quantitative estimate of drug-likeness (QED) is 0.144. The Balaban J connectivity index is 1.87. The number of benzene rings is 1. The minimum atomic E-state index is -2.96. The number of halogens is 1. The second-order valence-corrected chi connectivity index (χ2v) is 9.31. The largest absolute Gasteiger partial charge is 0.508 e. The molecule has 0 unspecified atom stereocenters. The van der Waals surface area contributed by atoms with Crippen LogP contribution >= 0.6 is 11.6 Å². The van der Waals surface area contributed by atoms with E-state index >= 15 is 0 Å². The van der Waals surface area contributed by atoms with Crippen LogP contribution in [0.15, 0.2) is 29.0 Å². The van der Waals surface area contributed by atoms with Crippen molar-refractivity contribution >= 4 is 52.5 Å². The Labute approximate surface area is 213 Å². The first kappa shape index (κ1) is 26.1. The van der Waals surface area contributed by atoms with Gasteiger partial charge < -0.3 is 36.6 Å². The van der Waals surface area contributed by atoms with E-state index in [1.54, 1.807) is 6.92 Å². The predicted molar refractivity (Wildman–Crippen MR) is 125 cm³/mol. The number of rotatable bonds is 3. The molecule has 0 spiro atoms. The molecule has 13 nitrogen and oxygen atoms in total. The molecule has 0 saturated heterocycles. The first-order valence-corrected chi connectivity index (χ1v) is 11.5. The summed E-state index contributed by atoms with van der Waals surface area (Å²) in [5.74, 6) is -11.4. The second kappa shape index (κ2) is 8.87. The molecule has 0 radical (unpaired) electrons. The van der Waals surface area contributed by atoms with Gasteiger partial charge in [0.15, 0.2) is 11.4 Å². The van der Waals surface area contributed by atoms with E-state index in [1.165, 1.54) is 12.1 Å². The maximum absolute atomic E-state index is 13.6. The molecule has 1 aromatic rings. The number of imide groups is 1. The molecule has 4 rings (SSSR count). The van der Waals surface area contributed by atoms with Gasteiger partial charge in [0.25, 0.3) is 5.91 Å². The number of phenols is 1. The Morgan fingerprint density at radius 1 is 1.19 bits per heavy atom. The van der Waals surface area contributed by atoms with Crippen molar-refractivity contribution in [2.45, 2.75) is 31.0 Å². The number of urea groups is 1. The molecule has 196 valence electrons. The maximum Gasteiger partial charge on any atom is 0.326 e. The number of hydrogen-bond acceptors (Lipinski definition) is 10. The molecule has 37 heavy (non-hydrogen) atoms. The van der Waals surface area contributed by atoms with E-state index in [-0.39, 0.29) is 16.8 Å². The summed E-state index contributed by atoms with van der Waals surface area (Å²) in [5.41, 5.74) is 0.307. The van der Waals surface area contributed by atoms with Crippen LogP contribution < -0.4 is 16.4 Å². The van der Waals surface area contributed by atoms with Gasteiger partial charge in [0.05, 0.1) is 17.4 Å². The molecule has 0 heterocycles. The van der Waals surface area contributed by atoms with E-state index in [4.69, 9.17) is 17.3 Å². The molecule has 5 atom stereocenters. The fourth-order valence-corrected chi connectivity index (χ4v) is 5.48. The van der Waals surface area contributed by atoms with Gasteiger partial charge in [-0.25, -0.2) is 4.79 Å². The number of anilines is 1. The van der Waals surface area contributed by atoms with Gasteiger partial charge in [-0.05, 0) is 17.5 Å². The third-order valence-electron chi connectivity index (χ3n) is 7.12. The van der Waals surface area contributed by atoms with E-state index in [0.717, 1.165) is 0 Å². The van der Waals surface area contributed by atoms with E-state index in [0.29, 0.717) is 0 Å². The predicted octanol–water partition coefficient (Wildman–Crippen LogP) is -0.157. The molecular weight excluding hydrogens is 514 g/mol. The van der Waals surface area contributed by atoms with Crippen LogP contribution in [0.1, 0.15) is 30.4 Å². The first-order chi connectivity index (χ1) is 17.3. The zero-order valence-electron chi connectivity index (χ0n) is 19.1. The highest BCUT2D eigenvalue weighted by molar-refractivity contribution is 6.28. The number of aromatic hydroxyl groups is 1. The molecule has 0 aliphatic heterocycles. The molecule has 4 amide bonds. The number of nitrogens with two attached hydrogens (primary N) is 1. The highest BCUT2D eigenvalue weighted by Crippen LogP contribution is 2.56. The smallest absolute Gasteiger partial charge is 0.326 e. The first-order valence-electron chi connectivity index (χ1n) is 10.9. The summed E-state index contributed by atoms with van der Waals surface area (Å²) in [6, 6.07) is 1.62. The van der Waals surface area contributed by atoms with Gasteiger partial charge in [-0.3, -0.25) is 24.5 Å². The normalized spacial score (nSPS) is 28.8. The summed E-state index contributed by atoms with van der Waals surface area (Å²) in [6.07, 6.45) is -2.34. The minimum absolute atomic E-state index is 0.253. The van der Waals surface area contributed by atoms with E-state index in [9.17, 15) is 49.5 Å². The fourth-order valence-electron chi connectivity index (χ4n) is 5.41. The number of hydrogen-bond donors (Lipinski definition) is 8. The van der Waals surface area contributed by atoms with Crippen molar-refractivity contribution in [3.8, 4) is 5.75 Å². The summed E-state index contributed by atoms with van der Waals surface area (Å²) < 4.78 is 0. The average Bonchev–Trinajstić information content (AvgIpc) is 2.82. The van der Waals surface area contributed by atoms with Crippen LogP contribution in [0.4, 0.5) is 10.5 Å². The highest BCUT2D eigenvalue weighted by Gasteiger charge is 2.64. The topological polar surface area (TPSA) is 237 Å². The van der Waals surface area contributed by atoms with Crippen LogP contribution in [0.25, 0.3) is 5.76 Å². The second-order valence-electron chi connectivity index (χ2n) is 9.05. The number of carbonyl (C=O) groups excluding carboxylic acids is 5. The molecule has 1 saturated carbocycles. The minimum Gasteiger partial charge on any atom is -0.508 e. The number of nitrogens with one attached hydrogen (secondary N) is 2. The van der Waals surface area contributed by atoms with Crippen LogP contribution in [0.2, 0.25) is 0 Å². The van der Waals surface area contributed by atoms with Gasteiger partial charge in [0.2, 0.25) is 11.7 Å². The number of Topliss-reactive ketones (excluding diaryl/α,β-unsaturated/α-hetero) is 2. The van der Waals surface area contributed by atoms with Crippen molar-refractivity contribution < 1.29 is 49.5 Å².